The molecule has 196 valence electrons. The number of benzene rings is 3. The third-order valence-corrected chi connectivity index (χ3v) is 7.99. The van der Waals surface area contributed by atoms with E-state index in [0.29, 0.717) is 25.1 Å². The van der Waals surface area contributed by atoms with Crippen molar-refractivity contribution in [3.63, 3.8) is 0 Å². The molecule has 0 spiro atoms. The minimum absolute atomic E-state index is 0.0951. The molecule has 1 N–H and O–H groups in total. The number of nitrogens with one attached hydrogen (secondary N) is 1. The first-order valence-corrected chi connectivity index (χ1v) is 14.0. The number of hydrogen-bond acceptors (Lipinski definition) is 4. The van der Waals surface area contributed by atoms with Crippen molar-refractivity contribution in [2.45, 2.75) is 44.6 Å². The second kappa shape index (κ2) is 13.1. The first-order valence-electron chi connectivity index (χ1n) is 12.5. The van der Waals surface area contributed by atoms with Crippen molar-refractivity contribution in [1.82, 2.24) is 10.2 Å². The van der Waals surface area contributed by atoms with Crippen molar-refractivity contribution in [1.29, 1.82) is 0 Å². The molecule has 0 aliphatic heterocycles. The van der Waals surface area contributed by atoms with Gasteiger partial charge in [-0.15, -0.1) is 0 Å². The minimum Gasteiger partial charge on any atom is -0.355 e. The number of sulfonamides is 1. The van der Waals surface area contributed by atoms with Gasteiger partial charge in [0.1, 0.15) is 12.6 Å². The molecule has 0 aliphatic carbocycles. The van der Waals surface area contributed by atoms with E-state index in [0.717, 1.165) is 15.4 Å². The number of likely N-dealkylation sites (N-methyl/N-ethyl adjacent to an activating group) is 1. The van der Waals surface area contributed by atoms with Crippen molar-refractivity contribution in [3.8, 4) is 0 Å². The third kappa shape index (κ3) is 6.98. The van der Waals surface area contributed by atoms with Gasteiger partial charge < -0.3 is 10.2 Å². The van der Waals surface area contributed by atoms with Gasteiger partial charge in [-0.1, -0.05) is 73.7 Å². The molecule has 3 aromatic rings. The molecule has 3 rings (SSSR count). The van der Waals surface area contributed by atoms with Crippen molar-refractivity contribution in [3.05, 3.63) is 96.1 Å². The van der Waals surface area contributed by atoms with E-state index in [-0.39, 0.29) is 17.3 Å². The van der Waals surface area contributed by atoms with E-state index in [1.807, 2.05) is 63.2 Å². The highest BCUT2D eigenvalue weighted by atomic mass is 32.2. The molecule has 0 aliphatic rings. The number of rotatable bonds is 12. The van der Waals surface area contributed by atoms with Crippen LogP contribution in [0.15, 0.2) is 89.8 Å². The molecule has 2 amide bonds. The van der Waals surface area contributed by atoms with Crippen LogP contribution < -0.4 is 9.62 Å². The van der Waals surface area contributed by atoms with Crippen molar-refractivity contribution >= 4 is 27.5 Å². The average Bonchev–Trinajstić information content (AvgIpc) is 2.91. The highest BCUT2D eigenvalue weighted by molar-refractivity contribution is 7.92. The number of carbonyl (C=O) groups excluding carboxylic acids is 2. The highest BCUT2D eigenvalue weighted by Crippen LogP contribution is 2.27. The Kier molecular flexibility index (Phi) is 9.85. The summed E-state index contributed by atoms with van der Waals surface area (Å²) < 4.78 is 28.7. The number of amides is 2. The Morgan fingerprint density at radius 3 is 2.05 bits per heavy atom. The number of anilines is 1. The van der Waals surface area contributed by atoms with Crippen LogP contribution in [0.2, 0.25) is 0 Å². The van der Waals surface area contributed by atoms with Crippen LogP contribution in [0.25, 0.3) is 0 Å². The lowest BCUT2D eigenvalue weighted by molar-refractivity contribution is -0.139. The van der Waals surface area contributed by atoms with Crippen LogP contribution in [0.5, 0.6) is 0 Å². The highest BCUT2D eigenvalue weighted by Gasteiger charge is 2.33. The molecule has 0 fully saturated rings. The topological polar surface area (TPSA) is 86.8 Å². The molecule has 0 saturated heterocycles. The van der Waals surface area contributed by atoms with Gasteiger partial charge in [0.05, 0.1) is 10.6 Å². The molecule has 0 aromatic heterocycles. The van der Waals surface area contributed by atoms with Gasteiger partial charge in [-0.05, 0) is 56.0 Å². The summed E-state index contributed by atoms with van der Waals surface area (Å²) in [5, 5.41) is 2.82. The predicted molar refractivity (Wildman–Crippen MR) is 147 cm³/mol. The fraction of sp³-hybridized carbons (Fsp3) is 0.310. The number of aryl methyl sites for hydroxylation is 1. The third-order valence-electron chi connectivity index (χ3n) is 6.22. The number of nitrogens with zero attached hydrogens (tertiary/aromatic N) is 2. The van der Waals surface area contributed by atoms with E-state index in [4.69, 9.17) is 0 Å². The van der Waals surface area contributed by atoms with Gasteiger partial charge in [0.25, 0.3) is 10.0 Å². The quantitative estimate of drug-likeness (QED) is 0.388. The smallest absolute Gasteiger partial charge is 0.264 e. The molecule has 0 heterocycles. The fourth-order valence-electron chi connectivity index (χ4n) is 4.26. The maximum Gasteiger partial charge on any atom is 0.264 e. The Morgan fingerprint density at radius 1 is 0.865 bits per heavy atom. The van der Waals surface area contributed by atoms with Crippen LogP contribution in [0.1, 0.15) is 31.4 Å². The summed E-state index contributed by atoms with van der Waals surface area (Å²) in [6.07, 6.45) is 0.945. The molecular weight excluding hydrogens is 486 g/mol. The van der Waals surface area contributed by atoms with Crippen LogP contribution in [0, 0.1) is 6.92 Å². The summed E-state index contributed by atoms with van der Waals surface area (Å²) in [7, 11) is -4.05. The standard InChI is InChI=1S/C29H35N3O4S/c1-4-26(29(34)30-5-2)31(21-20-24-15-8-6-9-16-24)28(33)22-32(27-19-13-12-14-23(27)3)37(35,36)25-17-10-7-11-18-25/h6-19,26H,4-5,20-22H2,1-3H3,(H,30,34)/t26-/m0/s1. The van der Waals surface area contributed by atoms with Crippen LogP contribution in [0.3, 0.4) is 0 Å². The maximum absolute atomic E-state index is 13.9. The summed E-state index contributed by atoms with van der Waals surface area (Å²) in [6.45, 7) is 5.78. The summed E-state index contributed by atoms with van der Waals surface area (Å²) in [4.78, 5) is 28.4. The Labute approximate surface area is 220 Å². The SMILES string of the molecule is CCNC(=O)[C@H](CC)N(CCc1ccccc1)C(=O)CN(c1ccccc1C)S(=O)(=O)c1ccccc1. The van der Waals surface area contributed by atoms with E-state index in [1.54, 1.807) is 30.3 Å². The zero-order chi connectivity index (χ0) is 26.8. The van der Waals surface area contributed by atoms with Gasteiger partial charge in [-0.2, -0.15) is 0 Å². The second-order valence-electron chi connectivity index (χ2n) is 8.75. The van der Waals surface area contributed by atoms with Gasteiger partial charge in [-0.25, -0.2) is 8.42 Å². The largest absolute Gasteiger partial charge is 0.355 e. The summed E-state index contributed by atoms with van der Waals surface area (Å²) >= 11 is 0. The van der Waals surface area contributed by atoms with Gasteiger partial charge in [0.15, 0.2) is 0 Å². The minimum atomic E-state index is -4.05. The Morgan fingerprint density at radius 2 is 1.46 bits per heavy atom. The molecule has 7 nitrogen and oxygen atoms in total. The van der Waals surface area contributed by atoms with Crippen LogP contribution in [-0.2, 0) is 26.0 Å². The zero-order valence-corrected chi connectivity index (χ0v) is 22.4. The lowest BCUT2D eigenvalue weighted by atomic mass is 10.1. The lowest BCUT2D eigenvalue weighted by Crippen LogP contribution is -2.53. The van der Waals surface area contributed by atoms with E-state index in [9.17, 15) is 18.0 Å². The average molecular weight is 522 g/mol. The molecule has 8 heteroatoms. The van der Waals surface area contributed by atoms with Gasteiger partial charge >= 0.3 is 0 Å². The summed E-state index contributed by atoms with van der Waals surface area (Å²) in [5.41, 5.74) is 2.17. The Balaban J connectivity index is 2.00. The molecule has 0 saturated carbocycles. The molecule has 0 radical (unpaired) electrons. The molecule has 0 unspecified atom stereocenters. The maximum atomic E-state index is 13.9. The van der Waals surface area contributed by atoms with Crippen LogP contribution in [-0.4, -0.2) is 50.8 Å². The first kappa shape index (κ1) is 27.9. The monoisotopic (exact) mass is 521 g/mol. The molecule has 1 atom stereocenters. The van der Waals surface area contributed by atoms with Crippen LogP contribution in [0.4, 0.5) is 5.69 Å². The van der Waals surface area contributed by atoms with Crippen molar-refractivity contribution < 1.29 is 18.0 Å². The molecule has 37 heavy (non-hydrogen) atoms. The van der Waals surface area contributed by atoms with Gasteiger partial charge in [0.2, 0.25) is 11.8 Å². The van der Waals surface area contributed by atoms with E-state index < -0.39 is 28.5 Å². The van der Waals surface area contributed by atoms with Crippen molar-refractivity contribution in [2.24, 2.45) is 0 Å². The van der Waals surface area contributed by atoms with E-state index >= 15 is 0 Å². The van der Waals surface area contributed by atoms with E-state index in [1.165, 1.54) is 17.0 Å². The number of carbonyl (C=O) groups is 2. The first-order chi connectivity index (χ1) is 17.8. The predicted octanol–water partition coefficient (Wildman–Crippen LogP) is 4.18. The summed E-state index contributed by atoms with van der Waals surface area (Å²) in [5.74, 6) is -0.684. The van der Waals surface area contributed by atoms with Gasteiger partial charge in [-0.3, -0.25) is 13.9 Å². The molecule has 3 aromatic carbocycles. The lowest BCUT2D eigenvalue weighted by Gasteiger charge is -2.33. The number of para-hydroxylation sites is 1. The second-order valence-corrected chi connectivity index (χ2v) is 10.6. The summed E-state index contributed by atoms with van der Waals surface area (Å²) in [6, 6.07) is 24.1. The van der Waals surface area contributed by atoms with Crippen molar-refractivity contribution in [2.75, 3.05) is 23.9 Å². The molecular formula is C29H35N3O4S. The zero-order valence-electron chi connectivity index (χ0n) is 21.6. The Bertz CT molecular complexity index is 1280. The van der Waals surface area contributed by atoms with Gasteiger partial charge in [0, 0.05) is 13.1 Å². The number of hydrogen-bond donors (Lipinski definition) is 1. The Hall–Kier alpha value is -3.65. The molecule has 0 bridgehead atoms. The normalized spacial score (nSPS) is 12.0. The van der Waals surface area contributed by atoms with E-state index in [2.05, 4.69) is 5.32 Å². The van der Waals surface area contributed by atoms with Crippen LogP contribution >= 0.6 is 0 Å². The fourth-order valence-corrected chi connectivity index (χ4v) is 5.76.